The van der Waals surface area contributed by atoms with Gasteiger partial charge in [0.2, 0.25) is 0 Å². The average Bonchev–Trinajstić information content (AvgIpc) is 3.35. The van der Waals surface area contributed by atoms with Crippen molar-refractivity contribution in [1.29, 1.82) is 0 Å². The molecule has 1 saturated carbocycles. The van der Waals surface area contributed by atoms with E-state index in [0.717, 1.165) is 24.1 Å². The van der Waals surface area contributed by atoms with Gasteiger partial charge < -0.3 is 9.64 Å². The van der Waals surface area contributed by atoms with Crippen LogP contribution < -0.4 is 0 Å². The maximum atomic E-state index is 13.1. The minimum atomic E-state index is -0.284. The lowest BCUT2D eigenvalue weighted by atomic mass is 10.1. The number of hydrogen-bond acceptors (Lipinski definition) is 3. The zero-order valence-corrected chi connectivity index (χ0v) is 14.9. The molecule has 0 spiro atoms. The van der Waals surface area contributed by atoms with E-state index in [1.165, 1.54) is 5.56 Å². The van der Waals surface area contributed by atoms with Crippen molar-refractivity contribution in [3.63, 3.8) is 0 Å². The van der Waals surface area contributed by atoms with Crippen molar-refractivity contribution >= 4 is 5.91 Å². The van der Waals surface area contributed by atoms with Crippen LogP contribution in [0.4, 0.5) is 0 Å². The number of morpholine rings is 1. The maximum absolute atomic E-state index is 13.1. The highest BCUT2D eigenvalue weighted by molar-refractivity contribution is 5.95. The topological polar surface area (TPSA) is 47.4 Å². The highest BCUT2D eigenvalue weighted by Crippen LogP contribution is 2.42. The molecule has 5 nitrogen and oxygen atoms in total. The van der Waals surface area contributed by atoms with Gasteiger partial charge in [0.25, 0.3) is 5.91 Å². The van der Waals surface area contributed by atoms with Crippen LogP contribution in [0.5, 0.6) is 0 Å². The molecule has 1 aromatic heterocycles. The van der Waals surface area contributed by atoms with E-state index in [1.54, 1.807) is 6.20 Å². The molecule has 2 fully saturated rings. The van der Waals surface area contributed by atoms with E-state index in [4.69, 9.17) is 4.74 Å². The van der Waals surface area contributed by atoms with Crippen molar-refractivity contribution in [3.05, 3.63) is 53.3 Å². The van der Waals surface area contributed by atoms with Crippen LogP contribution in [0.1, 0.15) is 54.2 Å². The maximum Gasteiger partial charge on any atom is 0.257 e. The van der Waals surface area contributed by atoms with Gasteiger partial charge in [-0.25, -0.2) is 0 Å². The fourth-order valence-electron chi connectivity index (χ4n) is 3.59. The standard InChI is InChI=1S/C20H25N3O2/c1-20(2)14-22(10-11-25-20)19(24)17-12-21-23(18(17)16-8-9-16)13-15-6-4-3-5-7-15/h3-7,12,16H,8-11,13-14H2,1-2H3. The van der Waals surface area contributed by atoms with Crippen LogP contribution in [-0.2, 0) is 11.3 Å². The number of carbonyl (C=O) groups excluding carboxylic acids is 1. The number of ether oxygens (including phenoxy) is 1. The Hall–Kier alpha value is -2.14. The molecule has 2 heterocycles. The van der Waals surface area contributed by atoms with Crippen molar-refractivity contribution in [1.82, 2.24) is 14.7 Å². The summed E-state index contributed by atoms with van der Waals surface area (Å²) < 4.78 is 7.76. The van der Waals surface area contributed by atoms with Crippen LogP contribution in [0.25, 0.3) is 0 Å². The molecule has 0 unspecified atom stereocenters. The van der Waals surface area contributed by atoms with Gasteiger partial charge in [0, 0.05) is 19.0 Å². The Bertz CT molecular complexity index is 763. The summed E-state index contributed by atoms with van der Waals surface area (Å²) in [7, 11) is 0. The van der Waals surface area contributed by atoms with Crippen LogP contribution in [0, 0.1) is 0 Å². The Labute approximate surface area is 148 Å². The molecule has 132 valence electrons. The third-order valence-electron chi connectivity index (χ3n) is 4.96. The summed E-state index contributed by atoms with van der Waals surface area (Å²) >= 11 is 0. The molecule has 25 heavy (non-hydrogen) atoms. The molecule has 1 aromatic carbocycles. The number of nitrogens with zero attached hydrogens (tertiary/aromatic N) is 3. The first-order valence-corrected chi connectivity index (χ1v) is 9.06. The highest BCUT2D eigenvalue weighted by atomic mass is 16.5. The van der Waals surface area contributed by atoms with Crippen LogP contribution in [0.3, 0.4) is 0 Å². The molecular weight excluding hydrogens is 314 g/mol. The first-order chi connectivity index (χ1) is 12.0. The predicted octanol–water partition coefficient (Wildman–Crippen LogP) is 3.06. The minimum absolute atomic E-state index is 0.0950. The average molecular weight is 339 g/mol. The van der Waals surface area contributed by atoms with Crippen molar-refractivity contribution in [2.24, 2.45) is 0 Å². The van der Waals surface area contributed by atoms with E-state index in [2.05, 4.69) is 17.2 Å². The zero-order valence-electron chi connectivity index (χ0n) is 14.9. The van der Waals surface area contributed by atoms with Gasteiger partial charge in [-0.15, -0.1) is 0 Å². The monoisotopic (exact) mass is 339 g/mol. The number of aromatic nitrogens is 2. The summed E-state index contributed by atoms with van der Waals surface area (Å²) in [6.45, 7) is 6.65. The third kappa shape index (κ3) is 3.47. The number of carbonyl (C=O) groups is 1. The van der Waals surface area contributed by atoms with E-state index < -0.39 is 0 Å². The molecule has 1 amide bonds. The molecule has 1 aliphatic carbocycles. The van der Waals surface area contributed by atoms with Crippen molar-refractivity contribution in [2.75, 3.05) is 19.7 Å². The van der Waals surface area contributed by atoms with E-state index in [9.17, 15) is 4.79 Å². The molecular formula is C20H25N3O2. The summed E-state index contributed by atoms with van der Waals surface area (Å²) in [4.78, 5) is 15.0. The molecule has 1 aliphatic heterocycles. The quantitative estimate of drug-likeness (QED) is 0.860. The molecule has 0 bridgehead atoms. The fourth-order valence-corrected chi connectivity index (χ4v) is 3.59. The smallest absolute Gasteiger partial charge is 0.257 e. The first kappa shape index (κ1) is 16.3. The molecule has 2 aromatic rings. The Morgan fingerprint density at radius 2 is 2.04 bits per heavy atom. The molecule has 0 N–H and O–H groups in total. The van der Waals surface area contributed by atoms with Crippen molar-refractivity contribution in [2.45, 2.75) is 44.8 Å². The molecule has 0 atom stereocenters. The summed E-state index contributed by atoms with van der Waals surface area (Å²) in [5.74, 6) is 0.566. The van der Waals surface area contributed by atoms with Gasteiger partial charge in [0.15, 0.2) is 0 Å². The number of hydrogen-bond donors (Lipinski definition) is 0. The van der Waals surface area contributed by atoms with Crippen LogP contribution in [-0.4, -0.2) is 45.9 Å². The van der Waals surface area contributed by atoms with E-state index in [1.807, 2.05) is 41.6 Å². The second-order valence-electron chi connectivity index (χ2n) is 7.70. The molecule has 1 saturated heterocycles. The summed E-state index contributed by atoms with van der Waals surface area (Å²) in [6.07, 6.45) is 4.06. The minimum Gasteiger partial charge on any atom is -0.372 e. The van der Waals surface area contributed by atoms with Gasteiger partial charge in [0.1, 0.15) is 0 Å². The Morgan fingerprint density at radius 1 is 1.28 bits per heavy atom. The fraction of sp³-hybridized carbons (Fsp3) is 0.500. The third-order valence-corrected chi connectivity index (χ3v) is 4.96. The lowest BCUT2D eigenvalue weighted by Crippen LogP contribution is -2.50. The largest absolute Gasteiger partial charge is 0.372 e. The number of amides is 1. The number of benzene rings is 1. The normalized spacial score (nSPS) is 19.8. The lowest BCUT2D eigenvalue weighted by Gasteiger charge is -2.38. The van der Waals surface area contributed by atoms with Crippen molar-refractivity contribution < 1.29 is 9.53 Å². The molecule has 4 rings (SSSR count). The molecule has 0 radical (unpaired) electrons. The Morgan fingerprint density at radius 3 is 2.72 bits per heavy atom. The first-order valence-electron chi connectivity index (χ1n) is 9.06. The van der Waals surface area contributed by atoms with Gasteiger partial charge in [-0.2, -0.15) is 5.10 Å². The summed E-state index contributed by atoms with van der Waals surface area (Å²) in [5, 5.41) is 4.56. The SMILES string of the molecule is CC1(C)CN(C(=O)c2cnn(Cc3ccccc3)c2C2CC2)CCO1. The second-order valence-corrected chi connectivity index (χ2v) is 7.70. The summed E-state index contributed by atoms with van der Waals surface area (Å²) in [6, 6.07) is 10.3. The molecule has 5 heteroatoms. The van der Waals surface area contributed by atoms with E-state index >= 15 is 0 Å². The van der Waals surface area contributed by atoms with Gasteiger partial charge in [-0.05, 0) is 32.3 Å². The van der Waals surface area contributed by atoms with Crippen LogP contribution in [0.15, 0.2) is 36.5 Å². The second kappa shape index (κ2) is 6.30. The Kier molecular flexibility index (Phi) is 4.12. The van der Waals surface area contributed by atoms with Gasteiger partial charge in [-0.3, -0.25) is 9.48 Å². The lowest BCUT2D eigenvalue weighted by molar-refractivity contribution is -0.0764. The van der Waals surface area contributed by atoms with Crippen molar-refractivity contribution in [3.8, 4) is 0 Å². The number of rotatable bonds is 4. The van der Waals surface area contributed by atoms with Gasteiger partial charge in [0.05, 0.1) is 36.2 Å². The van der Waals surface area contributed by atoms with Crippen LogP contribution >= 0.6 is 0 Å². The Balaban J connectivity index is 1.60. The zero-order chi connectivity index (χ0) is 17.4. The summed E-state index contributed by atoms with van der Waals surface area (Å²) in [5.41, 5.74) is 2.81. The van der Waals surface area contributed by atoms with E-state index in [0.29, 0.717) is 32.2 Å². The molecule has 2 aliphatic rings. The van der Waals surface area contributed by atoms with Gasteiger partial charge >= 0.3 is 0 Å². The van der Waals surface area contributed by atoms with Crippen LogP contribution in [0.2, 0.25) is 0 Å². The predicted molar refractivity (Wildman–Crippen MR) is 95.7 cm³/mol. The highest BCUT2D eigenvalue weighted by Gasteiger charge is 2.36. The van der Waals surface area contributed by atoms with Gasteiger partial charge in [-0.1, -0.05) is 30.3 Å². The van der Waals surface area contributed by atoms with E-state index in [-0.39, 0.29) is 11.5 Å².